The zero-order valence-corrected chi connectivity index (χ0v) is 11.3. The van der Waals surface area contributed by atoms with Crippen molar-refractivity contribution in [2.24, 2.45) is 0 Å². The second-order valence-corrected chi connectivity index (χ2v) is 4.27. The molecule has 1 aromatic carbocycles. The maximum Gasteiger partial charge on any atom is 0.420 e. The number of nitrogens with one attached hydrogen (secondary N) is 1. The van der Waals surface area contributed by atoms with Gasteiger partial charge in [-0.15, -0.1) is 0 Å². The lowest BCUT2D eigenvalue weighted by Gasteiger charge is -2.04. The van der Waals surface area contributed by atoms with Gasteiger partial charge < -0.3 is 9.15 Å². The van der Waals surface area contributed by atoms with Crippen LogP contribution >= 0.6 is 11.6 Å². The fourth-order valence-electron chi connectivity index (χ4n) is 1.65. The Bertz CT molecular complexity index is 718. The van der Waals surface area contributed by atoms with Gasteiger partial charge in [-0.3, -0.25) is 14.7 Å². The fraction of sp³-hybridized carbons (Fsp3) is 0.250. The summed E-state index contributed by atoms with van der Waals surface area (Å²) >= 11 is 5.78. The van der Waals surface area contributed by atoms with Gasteiger partial charge in [0.1, 0.15) is 6.54 Å². The molecule has 0 saturated heterocycles. The molecule has 0 aliphatic rings. The highest BCUT2D eigenvalue weighted by atomic mass is 35.5. The molecule has 2 aromatic rings. The van der Waals surface area contributed by atoms with Gasteiger partial charge in [0.05, 0.1) is 12.1 Å². The van der Waals surface area contributed by atoms with Crippen molar-refractivity contribution in [3.8, 4) is 0 Å². The standard InChI is InChI=1S/C12H11ClN2O5/c1-2-19-11(17)14-10(16)6-15-8-4-3-7(13)5-9(8)20-12(15)18/h3-5H,2,6H2,1H3,(H,14,16,17). The summed E-state index contributed by atoms with van der Waals surface area (Å²) in [5.74, 6) is -1.38. The maximum atomic E-state index is 11.7. The molecule has 0 bridgehead atoms. The molecule has 2 amide bonds. The molecule has 0 aliphatic carbocycles. The van der Waals surface area contributed by atoms with E-state index in [1.165, 1.54) is 6.07 Å². The van der Waals surface area contributed by atoms with E-state index in [-0.39, 0.29) is 18.7 Å². The molecule has 106 valence electrons. The van der Waals surface area contributed by atoms with Crippen molar-refractivity contribution in [2.75, 3.05) is 6.61 Å². The average Bonchev–Trinajstić information content (AvgIpc) is 2.65. The Hall–Kier alpha value is -2.28. The SMILES string of the molecule is CCOC(=O)NC(=O)Cn1c(=O)oc2cc(Cl)ccc21. The van der Waals surface area contributed by atoms with Crippen LogP contribution in [0.5, 0.6) is 0 Å². The minimum atomic E-state index is -0.860. The van der Waals surface area contributed by atoms with Crippen molar-refractivity contribution >= 4 is 34.7 Å². The molecular weight excluding hydrogens is 288 g/mol. The van der Waals surface area contributed by atoms with Crippen molar-refractivity contribution in [3.63, 3.8) is 0 Å². The molecule has 0 saturated carbocycles. The predicted molar refractivity (Wildman–Crippen MR) is 70.6 cm³/mol. The third kappa shape index (κ3) is 3.00. The Morgan fingerprint density at radius 2 is 2.20 bits per heavy atom. The number of fused-ring (bicyclic) bond motifs is 1. The summed E-state index contributed by atoms with van der Waals surface area (Å²) in [4.78, 5) is 34.4. The van der Waals surface area contributed by atoms with Gasteiger partial charge in [0.25, 0.3) is 0 Å². The second-order valence-electron chi connectivity index (χ2n) is 3.83. The smallest absolute Gasteiger partial charge is 0.420 e. The third-order valence-corrected chi connectivity index (χ3v) is 2.68. The summed E-state index contributed by atoms with van der Waals surface area (Å²) < 4.78 is 10.6. The zero-order valence-electron chi connectivity index (χ0n) is 10.5. The van der Waals surface area contributed by atoms with Gasteiger partial charge in [-0.25, -0.2) is 9.59 Å². The van der Waals surface area contributed by atoms with E-state index in [1.807, 2.05) is 5.32 Å². The number of carbonyl (C=O) groups excluding carboxylic acids is 2. The van der Waals surface area contributed by atoms with Crippen molar-refractivity contribution in [1.82, 2.24) is 9.88 Å². The molecule has 1 aromatic heterocycles. The summed E-state index contributed by atoms with van der Waals surface area (Å²) in [5.41, 5.74) is 0.685. The van der Waals surface area contributed by atoms with E-state index in [4.69, 9.17) is 16.0 Å². The zero-order chi connectivity index (χ0) is 14.7. The van der Waals surface area contributed by atoms with E-state index in [1.54, 1.807) is 19.1 Å². The first-order valence-electron chi connectivity index (χ1n) is 5.76. The first kappa shape index (κ1) is 14.1. The lowest BCUT2D eigenvalue weighted by Crippen LogP contribution is -2.35. The van der Waals surface area contributed by atoms with Gasteiger partial charge in [0, 0.05) is 11.1 Å². The van der Waals surface area contributed by atoms with Gasteiger partial charge in [-0.05, 0) is 19.1 Å². The number of oxazole rings is 1. The summed E-state index contributed by atoms with van der Waals surface area (Å²) in [7, 11) is 0. The van der Waals surface area contributed by atoms with Crippen LogP contribution in [0.3, 0.4) is 0 Å². The van der Waals surface area contributed by atoms with E-state index in [0.717, 1.165) is 4.57 Å². The molecule has 1 heterocycles. The highest BCUT2D eigenvalue weighted by Gasteiger charge is 2.15. The number of alkyl carbamates (subject to hydrolysis) is 1. The highest BCUT2D eigenvalue weighted by molar-refractivity contribution is 6.31. The first-order valence-corrected chi connectivity index (χ1v) is 6.14. The number of imide groups is 1. The van der Waals surface area contributed by atoms with Crippen molar-refractivity contribution in [1.29, 1.82) is 0 Å². The van der Waals surface area contributed by atoms with Crippen LogP contribution in [0.25, 0.3) is 11.1 Å². The highest BCUT2D eigenvalue weighted by Crippen LogP contribution is 2.18. The molecule has 7 nitrogen and oxygen atoms in total. The number of amides is 2. The third-order valence-electron chi connectivity index (χ3n) is 2.45. The Balaban J connectivity index is 2.21. The van der Waals surface area contributed by atoms with Crippen LogP contribution in [0.4, 0.5) is 4.79 Å². The van der Waals surface area contributed by atoms with E-state index >= 15 is 0 Å². The topological polar surface area (TPSA) is 90.5 Å². The summed E-state index contributed by atoms with van der Waals surface area (Å²) in [6, 6.07) is 4.59. The van der Waals surface area contributed by atoms with Crippen LogP contribution in [0.15, 0.2) is 27.4 Å². The number of hydrogen-bond acceptors (Lipinski definition) is 5. The minimum Gasteiger partial charge on any atom is -0.450 e. The number of ether oxygens (including phenoxy) is 1. The van der Waals surface area contributed by atoms with Crippen LogP contribution < -0.4 is 11.1 Å². The number of hydrogen-bond donors (Lipinski definition) is 1. The molecule has 20 heavy (non-hydrogen) atoms. The lowest BCUT2D eigenvalue weighted by atomic mass is 10.3. The second kappa shape index (κ2) is 5.79. The summed E-state index contributed by atoms with van der Waals surface area (Å²) in [6.07, 6.45) is -0.860. The van der Waals surface area contributed by atoms with E-state index < -0.39 is 17.8 Å². The number of aromatic nitrogens is 1. The van der Waals surface area contributed by atoms with E-state index in [2.05, 4.69) is 4.74 Å². The normalized spacial score (nSPS) is 10.5. The van der Waals surface area contributed by atoms with Gasteiger partial charge >= 0.3 is 11.8 Å². The van der Waals surface area contributed by atoms with E-state index in [0.29, 0.717) is 10.5 Å². The van der Waals surface area contributed by atoms with Gasteiger partial charge in [-0.2, -0.15) is 0 Å². The minimum absolute atomic E-state index is 0.145. The molecule has 0 aliphatic heterocycles. The molecule has 1 N–H and O–H groups in total. The van der Waals surface area contributed by atoms with Crippen LogP contribution in [0.1, 0.15) is 6.92 Å². The monoisotopic (exact) mass is 298 g/mol. The number of carbonyl (C=O) groups is 2. The number of halogens is 1. The lowest BCUT2D eigenvalue weighted by molar-refractivity contribution is -0.121. The van der Waals surface area contributed by atoms with Crippen molar-refractivity contribution < 1.29 is 18.7 Å². The Kier molecular flexibility index (Phi) is 4.09. The molecule has 2 rings (SSSR count). The molecule has 0 radical (unpaired) electrons. The van der Waals surface area contributed by atoms with Crippen LogP contribution in [0, 0.1) is 0 Å². The molecule has 0 fully saturated rings. The molecule has 0 spiro atoms. The van der Waals surface area contributed by atoms with Crippen molar-refractivity contribution in [3.05, 3.63) is 33.8 Å². The Labute approximate surface area is 118 Å². The van der Waals surface area contributed by atoms with Crippen LogP contribution in [-0.2, 0) is 16.1 Å². The van der Waals surface area contributed by atoms with Crippen molar-refractivity contribution in [2.45, 2.75) is 13.5 Å². The largest absolute Gasteiger partial charge is 0.450 e. The average molecular weight is 299 g/mol. The number of nitrogens with zero attached hydrogens (tertiary/aromatic N) is 1. The predicted octanol–water partition coefficient (Wildman–Crippen LogP) is 1.52. The number of rotatable bonds is 3. The molecule has 0 unspecified atom stereocenters. The van der Waals surface area contributed by atoms with Gasteiger partial charge in [-0.1, -0.05) is 11.6 Å². The van der Waals surface area contributed by atoms with Gasteiger partial charge in [0.15, 0.2) is 5.58 Å². The van der Waals surface area contributed by atoms with Crippen LogP contribution in [-0.4, -0.2) is 23.2 Å². The fourth-order valence-corrected chi connectivity index (χ4v) is 1.82. The van der Waals surface area contributed by atoms with E-state index in [9.17, 15) is 14.4 Å². The Morgan fingerprint density at radius 1 is 1.45 bits per heavy atom. The molecule has 8 heteroatoms. The van der Waals surface area contributed by atoms with Gasteiger partial charge in [0.2, 0.25) is 5.91 Å². The molecular formula is C12H11ClN2O5. The quantitative estimate of drug-likeness (QED) is 0.927. The maximum absolute atomic E-state index is 11.7. The number of benzene rings is 1. The summed E-state index contributed by atoms with van der Waals surface area (Å²) in [5, 5.41) is 2.41. The van der Waals surface area contributed by atoms with Crippen LogP contribution in [0.2, 0.25) is 5.02 Å². The first-order chi connectivity index (χ1) is 9.51. The Morgan fingerprint density at radius 3 is 2.90 bits per heavy atom. The molecule has 0 atom stereocenters. The summed E-state index contributed by atoms with van der Waals surface area (Å²) in [6.45, 7) is 1.40.